The number of hydrogen-bond donors (Lipinski definition) is 5. The summed E-state index contributed by atoms with van der Waals surface area (Å²) >= 11 is 0. The van der Waals surface area contributed by atoms with Crippen LogP contribution in [0, 0.1) is 0 Å². The number of carbonyl (C=O) groups is 2. The van der Waals surface area contributed by atoms with Crippen molar-refractivity contribution in [3.8, 4) is 5.75 Å². The first-order valence-electron chi connectivity index (χ1n) is 6.01. The number of amides is 2. The van der Waals surface area contributed by atoms with Crippen molar-refractivity contribution >= 4 is 17.7 Å². The van der Waals surface area contributed by atoms with Crippen LogP contribution in [0.25, 0.3) is 0 Å². The third-order valence-corrected chi connectivity index (χ3v) is 2.59. The molecule has 0 saturated carbocycles. The van der Waals surface area contributed by atoms with E-state index in [9.17, 15) is 14.7 Å². The zero-order valence-corrected chi connectivity index (χ0v) is 10.8. The number of nitrogens with one attached hydrogen (secondary N) is 3. The van der Waals surface area contributed by atoms with Gasteiger partial charge in [0.05, 0.1) is 11.3 Å². The van der Waals surface area contributed by atoms with Crippen LogP contribution in [0.4, 0.5) is 10.5 Å². The van der Waals surface area contributed by atoms with Gasteiger partial charge in [0.15, 0.2) is 0 Å². The number of aromatic nitrogens is 3. The van der Waals surface area contributed by atoms with E-state index in [0.29, 0.717) is 18.8 Å². The summed E-state index contributed by atoms with van der Waals surface area (Å²) in [5.41, 5.74) is -0.0992. The molecule has 21 heavy (non-hydrogen) atoms. The van der Waals surface area contributed by atoms with Gasteiger partial charge in [0.25, 0.3) is 0 Å². The molecule has 0 aliphatic rings. The summed E-state index contributed by atoms with van der Waals surface area (Å²) in [5.74, 6) is -0.808. The zero-order valence-electron chi connectivity index (χ0n) is 10.8. The summed E-state index contributed by atoms with van der Waals surface area (Å²) in [6.45, 7) is 0.307. The average molecular weight is 291 g/mol. The third-order valence-electron chi connectivity index (χ3n) is 2.59. The zero-order chi connectivity index (χ0) is 15.2. The molecular formula is C12H13N5O4. The van der Waals surface area contributed by atoms with Crippen LogP contribution in [0.1, 0.15) is 16.2 Å². The fourth-order valence-electron chi connectivity index (χ4n) is 1.63. The quantitative estimate of drug-likeness (QED) is 0.510. The van der Waals surface area contributed by atoms with Crippen molar-refractivity contribution in [1.29, 1.82) is 0 Å². The molecule has 0 fully saturated rings. The number of benzene rings is 1. The number of H-pyrrole nitrogens is 1. The molecule has 1 heterocycles. The highest BCUT2D eigenvalue weighted by Gasteiger charge is 2.13. The van der Waals surface area contributed by atoms with Crippen molar-refractivity contribution in [2.24, 2.45) is 0 Å². The normalized spacial score (nSPS) is 10.1. The Morgan fingerprint density at radius 3 is 2.81 bits per heavy atom. The smallest absolute Gasteiger partial charge is 0.337 e. The molecule has 0 aliphatic heterocycles. The average Bonchev–Trinajstić information content (AvgIpc) is 2.94. The van der Waals surface area contributed by atoms with E-state index < -0.39 is 12.0 Å². The Morgan fingerprint density at radius 2 is 2.14 bits per heavy atom. The van der Waals surface area contributed by atoms with Crippen LogP contribution < -0.4 is 10.6 Å². The molecule has 0 spiro atoms. The summed E-state index contributed by atoms with van der Waals surface area (Å²) in [6.07, 6.45) is 1.83. The van der Waals surface area contributed by atoms with Gasteiger partial charge in [0.1, 0.15) is 17.9 Å². The molecule has 0 aliphatic carbocycles. The van der Waals surface area contributed by atoms with Gasteiger partial charge in [-0.15, -0.1) is 0 Å². The number of urea groups is 1. The molecule has 2 amide bonds. The number of nitrogens with zero attached hydrogens (tertiary/aromatic N) is 2. The first kappa shape index (κ1) is 14.3. The molecule has 9 heteroatoms. The van der Waals surface area contributed by atoms with Gasteiger partial charge in [-0.05, 0) is 18.2 Å². The maximum Gasteiger partial charge on any atom is 0.337 e. The SMILES string of the molecule is O=C(NCCc1ncn[nH]1)Nc1ccc(O)cc1C(=O)O. The van der Waals surface area contributed by atoms with Gasteiger partial charge in [-0.25, -0.2) is 14.6 Å². The molecule has 2 rings (SSSR count). The van der Waals surface area contributed by atoms with Gasteiger partial charge in [0, 0.05) is 13.0 Å². The highest BCUT2D eigenvalue weighted by atomic mass is 16.4. The second kappa shape index (κ2) is 6.37. The number of hydrogen-bond acceptors (Lipinski definition) is 5. The second-order valence-electron chi connectivity index (χ2n) is 4.10. The van der Waals surface area contributed by atoms with Crippen LogP contribution in [0.5, 0.6) is 5.75 Å². The predicted molar refractivity (Wildman–Crippen MR) is 72.2 cm³/mol. The van der Waals surface area contributed by atoms with Gasteiger partial charge in [-0.2, -0.15) is 5.10 Å². The summed E-state index contributed by atoms with van der Waals surface area (Å²) in [6, 6.07) is 3.11. The number of phenolic OH excluding ortho intramolecular Hbond substituents is 1. The molecule has 110 valence electrons. The molecule has 0 bridgehead atoms. The van der Waals surface area contributed by atoms with Crippen LogP contribution >= 0.6 is 0 Å². The Balaban J connectivity index is 1.92. The van der Waals surface area contributed by atoms with Crippen molar-refractivity contribution in [1.82, 2.24) is 20.5 Å². The fourth-order valence-corrected chi connectivity index (χ4v) is 1.63. The van der Waals surface area contributed by atoms with E-state index in [1.54, 1.807) is 0 Å². The summed E-state index contributed by atoms with van der Waals surface area (Å²) in [4.78, 5) is 26.6. The standard InChI is InChI=1S/C12H13N5O4/c18-7-1-2-9(8(5-7)11(19)20)16-12(21)13-4-3-10-14-6-15-17-10/h1-2,5-6,18H,3-4H2,(H,19,20)(H2,13,16,21)(H,14,15,17). The van der Waals surface area contributed by atoms with E-state index >= 15 is 0 Å². The number of carbonyl (C=O) groups excluding carboxylic acids is 1. The van der Waals surface area contributed by atoms with Gasteiger partial charge in [0.2, 0.25) is 0 Å². The molecule has 0 unspecified atom stereocenters. The molecule has 0 radical (unpaired) electrons. The Morgan fingerprint density at radius 1 is 1.33 bits per heavy atom. The Bertz CT molecular complexity index is 641. The molecule has 0 atom stereocenters. The van der Waals surface area contributed by atoms with Crippen LogP contribution in [0.2, 0.25) is 0 Å². The minimum absolute atomic E-state index is 0.0949. The number of aromatic carboxylic acids is 1. The summed E-state index contributed by atoms with van der Waals surface area (Å²) in [7, 11) is 0. The molecule has 2 aromatic rings. The van der Waals surface area contributed by atoms with Gasteiger partial charge < -0.3 is 20.8 Å². The van der Waals surface area contributed by atoms with Gasteiger partial charge in [-0.1, -0.05) is 0 Å². The summed E-state index contributed by atoms with van der Waals surface area (Å²) in [5, 5.41) is 29.6. The molecule has 1 aromatic heterocycles. The Hall–Kier alpha value is -3.10. The molecule has 5 N–H and O–H groups in total. The largest absolute Gasteiger partial charge is 0.508 e. The molecule has 1 aromatic carbocycles. The molecule has 9 nitrogen and oxygen atoms in total. The fraction of sp³-hybridized carbons (Fsp3) is 0.167. The van der Waals surface area contributed by atoms with Gasteiger partial charge in [-0.3, -0.25) is 5.10 Å². The Kier molecular flexibility index (Phi) is 4.34. The van der Waals surface area contributed by atoms with E-state index in [0.717, 1.165) is 6.07 Å². The minimum atomic E-state index is -1.25. The lowest BCUT2D eigenvalue weighted by Crippen LogP contribution is -2.31. The van der Waals surface area contributed by atoms with E-state index in [2.05, 4.69) is 25.8 Å². The number of anilines is 1. The lowest BCUT2D eigenvalue weighted by Gasteiger charge is -2.09. The van der Waals surface area contributed by atoms with E-state index in [1.807, 2.05) is 0 Å². The van der Waals surface area contributed by atoms with E-state index in [1.165, 1.54) is 18.5 Å². The Labute approximate surface area is 119 Å². The monoisotopic (exact) mass is 291 g/mol. The van der Waals surface area contributed by atoms with Crippen molar-refractivity contribution in [3.63, 3.8) is 0 Å². The van der Waals surface area contributed by atoms with Gasteiger partial charge >= 0.3 is 12.0 Å². The summed E-state index contributed by atoms with van der Waals surface area (Å²) < 4.78 is 0. The predicted octanol–water partition coefficient (Wildman–Crippen LogP) is 0.573. The van der Waals surface area contributed by atoms with Crippen LogP contribution in [0.15, 0.2) is 24.5 Å². The van der Waals surface area contributed by atoms with Crippen molar-refractivity contribution in [2.75, 3.05) is 11.9 Å². The van der Waals surface area contributed by atoms with Crippen LogP contribution in [-0.4, -0.2) is 43.9 Å². The highest BCUT2D eigenvalue weighted by Crippen LogP contribution is 2.21. The number of rotatable bonds is 5. The third kappa shape index (κ3) is 3.93. The number of aromatic amines is 1. The molecular weight excluding hydrogens is 278 g/mol. The van der Waals surface area contributed by atoms with Crippen molar-refractivity contribution in [2.45, 2.75) is 6.42 Å². The number of phenols is 1. The molecule has 0 saturated heterocycles. The highest BCUT2D eigenvalue weighted by molar-refractivity contribution is 6.00. The maximum atomic E-state index is 11.7. The maximum absolute atomic E-state index is 11.7. The van der Waals surface area contributed by atoms with Crippen molar-refractivity contribution < 1.29 is 19.8 Å². The topological polar surface area (TPSA) is 140 Å². The number of carboxylic acids is 1. The number of aromatic hydroxyl groups is 1. The number of carboxylic acid groups (broad SMARTS) is 1. The first-order valence-corrected chi connectivity index (χ1v) is 6.01. The lowest BCUT2D eigenvalue weighted by atomic mass is 10.1. The van der Waals surface area contributed by atoms with E-state index in [-0.39, 0.29) is 17.0 Å². The lowest BCUT2D eigenvalue weighted by molar-refractivity contribution is 0.0697. The minimum Gasteiger partial charge on any atom is -0.508 e. The van der Waals surface area contributed by atoms with Crippen molar-refractivity contribution in [3.05, 3.63) is 35.9 Å². The van der Waals surface area contributed by atoms with E-state index in [4.69, 9.17) is 5.11 Å². The van der Waals surface area contributed by atoms with Crippen LogP contribution in [0.3, 0.4) is 0 Å². The second-order valence-corrected chi connectivity index (χ2v) is 4.10. The van der Waals surface area contributed by atoms with Crippen LogP contribution in [-0.2, 0) is 6.42 Å². The first-order chi connectivity index (χ1) is 10.1.